The molecule has 0 radical (unpaired) electrons. The van der Waals surface area contributed by atoms with Gasteiger partial charge in [-0.05, 0) is 39.0 Å². The first kappa shape index (κ1) is 15.3. The van der Waals surface area contributed by atoms with Gasteiger partial charge in [-0.2, -0.15) is 0 Å². The number of aliphatic hydroxyl groups is 1. The van der Waals surface area contributed by atoms with Crippen LogP contribution in [0.3, 0.4) is 0 Å². The lowest BCUT2D eigenvalue weighted by Crippen LogP contribution is -2.50. The topological polar surface area (TPSA) is 41.5 Å². The van der Waals surface area contributed by atoms with Crippen molar-refractivity contribution in [1.82, 2.24) is 5.32 Å². The summed E-state index contributed by atoms with van der Waals surface area (Å²) in [5.74, 6) is 0. The predicted octanol–water partition coefficient (Wildman–Crippen LogP) is 3.01. The summed E-state index contributed by atoms with van der Waals surface area (Å²) in [6.45, 7) is 6.01. The van der Waals surface area contributed by atoms with Crippen molar-refractivity contribution in [2.75, 3.05) is 13.2 Å². The maximum atomic E-state index is 10.7. The second-order valence-corrected chi connectivity index (χ2v) is 6.86. The Morgan fingerprint density at radius 3 is 2.53 bits per heavy atom. The molecule has 1 aliphatic heterocycles. The first-order valence-corrected chi connectivity index (χ1v) is 8.15. The zero-order chi connectivity index (χ0) is 13.8. The van der Waals surface area contributed by atoms with E-state index in [9.17, 15) is 5.11 Å². The van der Waals surface area contributed by atoms with Crippen LogP contribution in [0.1, 0.15) is 71.6 Å². The molecule has 0 spiro atoms. The molecule has 0 aromatic heterocycles. The van der Waals surface area contributed by atoms with Crippen LogP contribution in [-0.2, 0) is 4.74 Å². The zero-order valence-corrected chi connectivity index (χ0v) is 12.7. The SMILES string of the molecule is CCC1(C)CC(NCC2(O)CCCCCC2)CCO1. The van der Waals surface area contributed by atoms with Crippen LogP contribution in [-0.4, -0.2) is 35.5 Å². The Bertz CT molecular complexity index is 274. The molecule has 3 heteroatoms. The smallest absolute Gasteiger partial charge is 0.0771 e. The number of hydrogen-bond donors (Lipinski definition) is 2. The molecule has 0 aromatic carbocycles. The fraction of sp³-hybridized carbons (Fsp3) is 1.00. The van der Waals surface area contributed by atoms with E-state index in [2.05, 4.69) is 19.2 Å². The summed E-state index contributed by atoms with van der Waals surface area (Å²) in [7, 11) is 0. The quantitative estimate of drug-likeness (QED) is 0.771. The van der Waals surface area contributed by atoms with E-state index >= 15 is 0 Å². The van der Waals surface area contributed by atoms with Crippen LogP contribution in [0, 0.1) is 0 Å². The van der Waals surface area contributed by atoms with E-state index in [0.29, 0.717) is 6.04 Å². The third kappa shape index (κ3) is 4.44. The highest BCUT2D eigenvalue weighted by molar-refractivity contribution is 4.89. The second kappa shape index (κ2) is 6.55. The minimum absolute atomic E-state index is 0.0298. The lowest BCUT2D eigenvalue weighted by atomic mass is 9.88. The molecule has 19 heavy (non-hydrogen) atoms. The average Bonchev–Trinajstić information content (AvgIpc) is 2.62. The fourth-order valence-corrected chi connectivity index (χ4v) is 3.45. The molecule has 0 amide bonds. The normalized spacial score (nSPS) is 35.8. The highest BCUT2D eigenvalue weighted by Gasteiger charge is 2.34. The molecule has 0 aromatic rings. The molecule has 0 bridgehead atoms. The zero-order valence-electron chi connectivity index (χ0n) is 12.7. The number of hydrogen-bond acceptors (Lipinski definition) is 3. The Kier molecular flexibility index (Phi) is 5.27. The van der Waals surface area contributed by atoms with Crippen molar-refractivity contribution in [3.05, 3.63) is 0 Å². The van der Waals surface area contributed by atoms with E-state index in [1.165, 1.54) is 25.7 Å². The van der Waals surface area contributed by atoms with E-state index in [-0.39, 0.29) is 5.60 Å². The predicted molar refractivity (Wildman–Crippen MR) is 78.3 cm³/mol. The van der Waals surface area contributed by atoms with Crippen LogP contribution in [0.25, 0.3) is 0 Å². The Balaban J connectivity index is 1.80. The molecule has 112 valence electrons. The maximum absolute atomic E-state index is 10.7. The molecule has 2 unspecified atom stereocenters. The van der Waals surface area contributed by atoms with Crippen molar-refractivity contribution in [3.63, 3.8) is 0 Å². The van der Waals surface area contributed by atoms with Crippen LogP contribution < -0.4 is 5.32 Å². The molecule has 1 heterocycles. The summed E-state index contributed by atoms with van der Waals surface area (Å²) < 4.78 is 5.88. The van der Waals surface area contributed by atoms with Gasteiger partial charge in [0.1, 0.15) is 0 Å². The van der Waals surface area contributed by atoms with Gasteiger partial charge in [0.15, 0.2) is 0 Å². The van der Waals surface area contributed by atoms with Gasteiger partial charge in [0.05, 0.1) is 11.2 Å². The number of nitrogens with one attached hydrogen (secondary N) is 1. The standard InChI is InChI=1S/C16H31NO2/c1-3-15(2)12-14(8-11-19-15)17-13-16(18)9-6-4-5-7-10-16/h14,17-18H,3-13H2,1-2H3. The first-order chi connectivity index (χ1) is 9.05. The van der Waals surface area contributed by atoms with E-state index in [1.54, 1.807) is 0 Å². The van der Waals surface area contributed by atoms with Crippen molar-refractivity contribution >= 4 is 0 Å². The van der Waals surface area contributed by atoms with Crippen molar-refractivity contribution in [3.8, 4) is 0 Å². The molecule has 2 rings (SSSR count). The monoisotopic (exact) mass is 269 g/mol. The molecule has 2 atom stereocenters. The van der Waals surface area contributed by atoms with E-state index in [4.69, 9.17) is 4.74 Å². The second-order valence-electron chi connectivity index (χ2n) is 6.86. The van der Waals surface area contributed by atoms with Crippen LogP contribution in [0.2, 0.25) is 0 Å². The summed E-state index contributed by atoms with van der Waals surface area (Å²) in [6.07, 6.45) is 10.1. The molecule has 2 aliphatic rings. The largest absolute Gasteiger partial charge is 0.389 e. The summed E-state index contributed by atoms with van der Waals surface area (Å²) in [4.78, 5) is 0. The molecule has 1 saturated carbocycles. The van der Waals surface area contributed by atoms with Gasteiger partial charge in [0, 0.05) is 19.2 Å². The summed E-state index contributed by atoms with van der Waals surface area (Å²) in [5, 5.41) is 14.3. The van der Waals surface area contributed by atoms with E-state index in [1.807, 2.05) is 0 Å². The third-order valence-corrected chi connectivity index (χ3v) is 5.10. The number of rotatable bonds is 4. The molecule has 2 fully saturated rings. The van der Waals surface area contributed by atoms with Crippen LogP contribution >= 0.6 is 0 Å². The lowest BCUT2D eigenvalue weighted by Gasteiger charge is -2.39. The lowest BCUT2D eigenvalue weighted by molar-refractivity contribution is -0.0811. The van der Waals surface area contributed by atoms with Gasteiger partial charge in [0.2, 0.25) is 0 Å². The molecule has 1 saturated heterocycles. The molecule has 3 nitrogen and oxygen atoms in total. The van der Waals surface area contributed by atoms with Gasteiger partial charge >= 0.3 is 0 Å². The van der Waals surface area contributed by atoms with E-state index in [0.717, 1.165) is 45.3 Å². The Hall–Kier alpha value is -0.120. The fourth-order valence-electron chi connectivity index (χ4n) is 3.45. The average molecular weight is 269 g/mol. The van der Waals surface area contributed by atoms with Crippen LogP contribution in [0.5, 0.6) is 0 Å². The molecule has 2 N–H and O–H groups in total. The highest BCUT2D eigenvalue weighted by atomic mass is 16.5. The molecule has 1 aliphatic carbocycles. The van der Waals surface area contributed by atoms with Crippen molar-refractivity contribution < 1.29 is 9.84 Å². The van der Waals surface area contributed by atoms with Gasteiger partial charge in [-0.25, -0.2) is 0 Å². The van der Waals surface area contributed by atoms with Crippen LogP contribution in [0.4, 0.5) is 0 Å². The summed E-state index contributed by atoms with van der Waals surface area (Å²) in [5.41, 5.74) is -0.431. The Morgan fingerprint density at radius 1 is 1.21 bits per heavy atom. The first-order valence-electron chi connectivity index (χ1n) is 8.15. The maximum Gasteiger partial charge on any atom is 0.0771 e. The van der Waals surface area contributed by atoms with Crippen molar-refractivity contribution in [2.45, 2.75) is 88.9 Å². The summed E-state index contributed by atoms with van der Waals surface area (Å²) in [6, 6.07) is 0.506. The minimum Gasteiger partial charge on any atom is -0.389 e. The van der Waals surface area contributed by atoms with Gasteiger partial charge < -0.3 is 15.2 Å². The van der Waals surface area contributed by atoms with Crippen LogP contribution in [0.15, 0.2) is 0 Å². The number of ether oxygens (including phenoxy) is 1. The minimum atomic E-state index is -0.461. The third-order valence-electron chi connectivity index (χ3n) is 5.10. The van der Waals surface area contributed by atoms with Gasteiger partial charge in [-0.1, -0.05) is 32.6 Å². The highest BCUT2D eigenvalue weighted by Crippen LogP contribution is 2.29. The van der Waals surface area contributed by atoms with Gasteiger partial charge in [-0.15, -0.1) is 0 Å². The molecular formula is C16H31NO2. The van der Waals surface area contributed by atoms with Gasteiger partial charge in [0.25, 0.3) is 0 Å². The Labute approximate surface area is 118 Å². The van der Waals surface area contributed by atoms with Crippen molar-refractivity contribution in [2.24, 2.45) is 0 Å². The molecular weight excluding hydrogens is 238 g/mol. The summed E-state index contributed by atoms with van der Waals surface area (Å²) >= 11 is 0. The van der Waals surface area contributed by atoms with Crippen molar-refractivity contribution in [1.29, 1.82) is 0 Å². The van der Waals surface area contributed by atoms with Gasteiger partial charge in [-0.3, -0.25) is 0 Å². The Morgan fingerprint density at radius 2 is 1.89 bits per heavy atom. The van der Waals surface area contributed by atoms with E-state index < -0.39 is 5.60 Å².